The van der Waals surface area contributed by atoms with Crippen molar-refractivity contribution in [2.45, 2.75) is 6.61 Å². The lowest BCUT2D eigenvalue weighted by molar-refractivity contribution is 0.0577. The lowest BCUT2D eigenvalue weighted by atomic mass is 10.2. The molecule has 2 rings (SSSR count). The van der Waals surface area contributed by atoms with Crippen molar-refractivity contribution in [1.29, 1.82) is 0 Å². The van der Waals surface area contributed by atoms with Crippen LogP contribution in [0.15, 0.2) is 18.2 Å². The number of rotatable bonds is 0. The van der Waals surface area contributed by atoms with Crippen LogP contribution in [0.5, 0.6) is 5.75 Å². The van der Waals surface area contributed by atoms with E-state index in [2.05, 4.69) is 0 Å². The maximum absolute atomic E-state index is 5.76. The lowest BCUT2D eigenvalue weighted by Gasteiger charge is -2.15. The minimum Gasteiger partial charge on any atom is -0.458 e. The highest BCUT2D eigenvalue weighted by Crippen LogP contribution is 2.27. The summed E-state index contributed by atoms with van der Waals surface area (Å²) in [6.45, 7) is 1.87. The highest BCUT2D eigenvalue weighted by atomic mass is 35.5. The van der Waals surface area contributed by atoms with E-state index < -0.39 is 0 Å². The van der Waals surface area contributed by atoms with E-state index in [0.717, 1.165) is 11.3 Å². The first-order chi connectivity index (χ1) is 5.36. The van der Waals surface area contributed by atoms with Crippen LogP contribution in [0.4, 0.5) is 0 Å². The zero-order valence-electron chi connectivity index (χ0n) is 5.71. The van der Waals surface area contributed by atoms with Crippen LogP contribution in [0, 0.1) is 6.79 Å². The maximum Gasteiger partial charge on any atom is 0.263 e. The zero-order chi connectivity index (χ0) is 7.68. The Hall–Kier alpha value is -0.730. The average Bonchev–Trinajstić information content (AvgIpc) is 2.04. The molecular weight excluding hydrogens is 164 g/mol. The molecular formula is C8H6ClO2. The molecule has 1 radical (unpaired) electrons. The Morgan fingerprint density at radius 3 is 3.18 bits per heavy atom. The molecule has 1 heterocycles. The van der Waals surface area contributed by atoms with Gasteiger partial charge < -0.3 is 9.47 Å². The molecule has 2 nitrogen and oxygen atoms in total. The van der Waals surface area contributed by atoms with Crippen molar-refractivity contribution in [3.05, 3.63) is 35.6 Å². The quantitative estimate of drug-likeness (QED) is 0.594. The van der Waals surface area contributed by atoms with Crippen molar-refractivity contribution in [2.75, 3.05) is 0 Å². The number of hydrogen-bond acceptors (Lipinski definition) is 2. The van der Waals surface area contributed by atoms with Gasteiger partial charge in [0.2, 0.25) is 0 Å². The van der Waals surface area contributed by atoms with E-state index in [-0.39, 0.29) is 0 Å². The molecule has 1 aromatic rings. The Morgan fingerprint density at radius 2 is 2.27 bits per heavy atom. The third-order valence-electron chi connectivity index (χ3n) is 1.50. The van der Waals surface area contributed by atoms with Crippen LogP contribution in [0.1, 0.15) is 5.56 Å². The molecule has 3 heteroatoms. The summed E-state index contributed by atoms with van der Waals surface area (Å²) in [6, 6.07) is 5.46. The van der Waals surface area contributed by atoms with Gasteiger partial charge in [-0.25, -0.2) is 0 Å². The third kappa shape index (κ3) is 1.32. The number of fused-ring (bicyclic) bond motifs is 1. The van der Waals surface area contributed by atoms with Crippen molar-refractivity contribution in [1.82, 2.24) is 0 Å². The summed E-state index contributed by atoms with van der Waals surface area (Å²) in [5.41, 5.74) is 0.986. The van der Waals surface area contributed by atoms with Gasteiger partial charge in [-0.05, 0) is 18.2 Å². The molecule has 0 N–H and O–H groups in total. The number of halogens is 1. The first-order valence-corrected chi connectivity index (χ1v) is 3.62. The second-order valence-corrected chi connectivity index (χ2v) is 2.71. The summed E-state index contributed by atoms with van der Waals surface area (Å²) in [5.74, 6) is 0.820. The second-order valence-electron chi connectivity index (χ2n) is 2.28. The van der Waals surface area contributed by atoms with Gasteiger partial charge >= 0.3 is 0 Å². The van der Waals surface area contributed by atoms with Gasteiger partial charge in [0, 0.05) is 10.6 Å². The van der Waals surface area contributed by atoms with Gasteiger partial charge in [-0.2, -0.15) is 0 Å². The van der Waals surface area contributed by atoms with E-state index in [1.54, 1.807) is 6.07 Å². The van der Waals surface area contributed by atoms with Crippen LogP contribution < -0.4 is 4.74 Å². The minimum absolute atomic E-state index is 0.538. The summed E-state index contributed by atoms with van der Waals surface area (Å²) in [5, 5.41) is 0.706. The van der Waals surface area contributed by atoms with Crippen molar-refractivity contribution in [2.24, 2.45) is 0 Å². The molecule has 0 spiro atoms. The van der Waals surface area contributed by atoms with Gasteiger partial charge in [-0.3, -0.25) is 0 Å². The first kappa shape index (κ1) is 6.95. The Labute approximate surface area is 69.7 Å². The molecule has 1 aliphatic rings. The van der Waals surface area contributed by atoms with Crippen molar-refractivity contribution < 1.29 is 9.47 Å². The van der Waals surface area contributed by atoms with Crippen molar-refractivity contribution in [3.63, 3.8) is 0 Å². The van der Waals surface area contributed by atoms with E-state index in [1.807, 2.05) is 12.1 Å². The van der Waals surface area contributed by atoms with Crippen LogP contribution in [0.25, 0.3) is 0 Å². The molecule has 11 heavy (non-hydrogen) atoms. The Morgan fingerprint density at radius 1 is 1.36 bits per heavy atom. The molecule has 0 unspecified atom stereocenters. The van der Waals surface area contributed by atoms with Crippen LogP contribution >= 0.6 is 11.6 Å². The number of benzene rings is 1. The van der Waals surface area contributed by atoms with Gasteiger partial charge in [0.15, 0.2) is 0 Å². The normalized spacial score (nSPS) is 15.4. The molecule has 0 saturated heterocycles. The number of hydrogen-bond donors (Lipinski definition) is 0. The third-order valence-corrected chi connectivity index (χ3v) is 1.74. The predicted molar refractivity (Wildman–Crippen MR) is 41.2 cm³/mol. The van der Waals surface area contributed by atoms with Crippen molar-refractivity contribution in [3.8, 4) is 5.75 Å². The molecule has 0 amide bonds. The SMILES string of the molecule is Clc1ccc2c(c1)CO[CH]O2. The fourth-order valence-electron chi connectivity index (χ4n) is 0.985. The second kappa shape index (κ2) is 2.72. The average molecular weight is 170 g/mol. The Kier molecular flexibility index (Phi) is 1.72. The van der Waals surface area contributed by atoms with Crippen LogP contribution in [0.2, 0.25) is 5.02 Å². The first-order valence-electron chi connectivity index (χ1n) is 3.24. The molecule has 1 aromatic carbocycles. The topological polar surface area (TPSA) is 18.5 Å². The van der Waals surface area contributed by atoms with Gasteiger partial charge in [-0.15, -0.1) is 0 Å². The van der Waals surface area contributed by atoms with E-state index in [0.29, 0.717) is 11.6 Å². The lowest BCUT2D eigenvalue weighted by Crippen LogP contribution is -2.05. The largest absolute Gasteiger partial charge is 0.458 e. The molecule has 0 saturated carbocycles. The maximum atomic E-state index is 5.76. The Balaban J connectivity index is 2.43. The van der Waals surface area contributed by atoms with Gasteiger partial charge in [0.25, 0.3) is 6.79 Å². The fraction of sp³-hybridized carbons (Fsp3) is 0.125. The van der Waals surface area contributed by atoms with E-state index in [1.165, 1.54) is 6.79 Å². The smallest absolute Gasteiger partial charge is 0.263 e. The van der Waals surface area contributed by atoms with Gasteiger partial charge in [0.05, 0.1) is 6.61 Å². The summed E-state index contributed by atoms with van der Waals surface area (Å²) < 4.78 is 10.0. The standard InChI is InChI=1S/C8H6ClO2/c9-7-1-2-8-6(3-7)4-10-5-11-8/h1-3,5H,4H2. The van der Waals surface area contributed by atoms with Crippen LogP contribution in [0.3, 0.4) is 0 Å². The summed E-state index contributed by atoms with van der Waals surface area (Å²) in [4.78, 5) is 0. The minimum atomic E-state index is 0.538. The van der Waals surface area contributed by atoms with E-state index >= 15 is 0 Å². The van der Waals surface area contributed by atoms with Gasteiger partial charge in [-0.1, -0.05) is 11.6 Å². The molecule has 1 aliphatic heterocycles. The molecule has 0 bridgehead atoms. The fourth-order valence-corrected chi connectivity index (χ4v) is 1.18. The highest BCUT2D eigenvalue weighted by molar-refractivity contribution is 6.30. The molecule has 0 atom stereocenters. The molecule has 0 fully saturated rings. The Bertz CT molecular complexity index is 273. The monoisotopic (exact) mass is 169 g/mol. The molecule has 57 valence electrons. The molecule has 0 aliphatic carbocycles. The van der Waals surface area contributed by atoms with E-state index in [4.69, 9.17) is 21.1 Å². The van der Waals surface area contributed by atoms with Crippen LogP contribution in [-0.4, -0.2) is 0 Å². The molecule has 0 aromatic heterocycles. The van der Waals surface area contributed by atoms with Gasteiger partial charge in [0.1, 0.15) is 5.75 Å². The van der Waals surface area contributed by atoms with E-state index in [9.17, 15) is 0 Å². The van der Waals surface area contributed by atoms with Crippen LogP contribution in [-0.2, 0) is 11.3 Å². The summed E-state index contributed by atoms with van der Waals surface area (Å²) >= 11 is 5.76. The summed E-state index contributed by atoms with van der Waals surface area (Å²) in [7, 11) is 0. The number of ether oxygens (including phenoxy) is 2. The predicted octanol–water partition coefficient (Wildman–Crippen LogP) is 2.37. The summed E-state index contributed by atoms with van der Waals surface area (Å²) in [6.07, 6.45) is 0. The zero-order valence-corrected chi connectivity index (χ0v) is 6.47. The highest BCUT2D eigenvalue weighted by Gasteiger charge is 2.10. The van der Waals surface area contributed by atoms with Crippen molar-refractivity contribution >= 4 is 11.6 Å².